The number of hydrogen-bond acceptors (Lipinski definition) is 4. The van der Waals surface area contributed by atoms with E-state index in [9.17, 15) is 0 Å². The molecule has 1 aliphatic heterocycles. The van der Waals surface area contributed by atoms with Gasteiger partial charge in [-0.1, -0.05) is 6.07 Å². The summed E-state index contributed by atoms with van der Waals surface area (Å²) >= 11 is 5.88. The number of rotatable bonds is 5. The molecule has 33 heavy (non-hydrogen) atoms. The molecular formula is C26H26N6S. The van der Waals surface area contributed by atoms with Gasteiger partial charge < -0.3 is 19.7 Å². The van der Waals surface area contributed by atoms with E-state index in [0.717, 1.165) is 34.1 Å². The van der Waals surface area contributed by atoms with Gasteiger partial charge in [0.25, 0.3) is 0 Å². The number of nitrogens with zero attached hydrogens (tertiary/aromatic N) is 5. The van der Waals surface area contributed by atoms with Crippen LogP contribution in [0.3, 0.4) is 0 Å². The first kappa shape index (κ1) is 21.2. The zero-order valence-corrected chi connectivity index (χ0v) is 19.7. The van der Waals surface area contributed by atoms with Crippen molar-refractivity contribution in [2.45, 2.75) is 19.0 Å². The highest BCUT2D eigenvalue weighted by molar-refractivity contribution is 7.80. The number of nitrogens with one attached hydrogen (secondary N) is 1. The van der Waals surface area contributed by atoms with Crippen molar-refractivity contribution in [1.29, 1.82) is 0 Å². The minimum Gasteiger partial charge on any atom is -0.378 e. The summed E-state index contributed by atoms with van der Waals surface area (Å²) in [6.45, 7) is 2.11. The van der Waals surface area contributed by atoms with Gasteiger partial charge in [-0.05, 0) is 79.8 Å². The second-order valence-electron chi connectivity index (χ2n) is 8.35. The first-order chi connectivity index (χ1) is 16.0. The highest BCUT2D eigenvalue weighted by Crippen LogP contribution is 2.42. The largest absolute Gasteiger partial charge is 0.378 e. The van der Waals surface area contributed by atoms with E-state index in [1.165, 1.54) is 0 Å². The van der Waals surface area contributed by atoms with Crippen LogP contribution in [0.2, 0.25) is 0 Å². The van der Waals surface area contributed by atoms with Crippen LogP contribution >= 0.6 is 12.2 Å². The van der Waals surface area contributed by atoms with Crippen LogP contribution in [0.1, 0.15) is 29.2 Å². The molecule has 0 aliphatic carbocycles. The molecule has 1 aromatic carbocycles. The van der Waals surface area contributed by atoms with E-state index in [-0.39, 0.29) is 12.1 Å². The van der Waals surface area contributed by atoms with Gasteiger partial charge in [0, 0.05) is 49.3 Å². The fourth-order valence-electron chi connectivity index (χ4n) is 4.47. The minimum atomic E-state index is -0.100. The predicted octanol–water partition coefficient (Wildman–Crippen LogP) is 4.82. The van der Waals surface area contributed by atoms with Crippen molar-refractivity contribution in [1.82, 2.24) is 19.9 Å². The first-order valence-corrected chi connectivity index (χ1v) is 11.3. The summed E-state index contributed by atoms with van der Waals surface area (Å²) < 4.78 is 2.25. The Hall–Kier alpha value is -3.71. The van der Waals surface area contributed by atoms with Crippen molar-refractivity contribution in [2.75, 3.05) is 23.9 Å². The van der Waals surface area contributed by atoms with E-state index in [2.05, 4.69) is 85.1 Å². The Morgan fingerprint density at radius 1 is 0.909 bits per heavy atom. The predicted molar refractivity (Wildman–Crippen MR) is 137 cm³/mol. The summed E-state index contributed by atoms with van der Waals surface area (Å²) in [6.07, 6.45) is 5.52. The second-order valence-corrected chi connectivity index (χ2v) is 8.74. The van der Waals surface area contributed by atoms with Gasteiger partial charge in [-0.2, -0.15) is 0 Å². The number of benzene rings is 1. The zero-order chi connectivity index (χ0) is 22.9. The molecule has 0 spiro atoms. The molecule has 0 radical (unpaired) electrons. The Labute approximate surface area is 199 Å². The van der Waals surface area contributed by atoms with Crippen LogP contribution in [0.25, 0.3) is 5.69 Å². The molecule has 5 rings (SSSR count). The number of aromatic nitrogens is 3. The van der Waals surface area contributed by atoms with Gasteiger partial charge in [0.2, 0.25) is 0 Å². The molecule has 7 heteroatoms. The Bertz CT molecular complexity index is 1250. The maximum atomic E-state index is 5.88. The van der Waals surface area contributed by atoms with Crippen molar-refractivity contribution >= 4 is 28.7 Å². The normalized spacial score (nSPS) is 17.8. The molecule has 6 nitrogen and oxygen atoms in total. The van der Waals surface area contributed by atoms with Crippen LogP contribution < -0.4 is 15.1 Å². The molecule has 2 unspecified atom stereocenters. The monoisotopic (exact) mass is 454 g/mol. The molecule has 166 valence electrons. The highest BCUT2D eigenvalue weighted by atomic mass is 32.1. The first-order valence-electron chi connectivity index (χ1n) is 10.9. The molecule has 0 saturated carbocycles. The third-order valence-electron chi connectivity index (χ3n) is 6.06. The second kappa shape index (κ2) is 8.67. The van der Waals surface area contributed by atoms with Crippen molar-refractivity contribution in [3.8, 4) is 5.69 Å². The summed E-state index contributed by atoms with van der Waals surface area (Å²) in [5, 5.41) is 4.23. The molecule has 0 bridgehead atoms. The van der Waals surface area contributed by atoms with Crippen LogP contribution in [-0.4, -0.2) is 33.7 Å². The van der Waals surface area contributed by atoms with E-state index in [1.807, 2.05) is 44.7 Å². The van der Waals surface area contributed by atoms with Crippen molar-refractivity contribution < 1.29 is 0 Å². The SMILES string of the molecule is Cc1ccc(C2C(c3ccccn3)NC(=S)N2c2ccc(N(C)C)cc2)n1-c1cccnc1. The lowest BCUT2D eigenvalue weighted by molar-refractivity contribution is 0.548. The Balaban J connectivity index is 1.67. The lowest BCUT2D eigenvalue weighted by atomic mass is 10.0. The smallest absolute Gasteiger partial charge is 0.174 e. The number of hydrogen-bond donors (Lipinski definition) is 1. The van der Waals surface area contributed by atoms with Crippen LogP contribution in [0, 0.1) is 6.92 Å². The topological polar surface area (TPSA) is 49.2 Å². The van der Waals surface area contributed by atoms with Crippen LogP contribution in [0.15, 0.2) is 85.3 Å². The van der Waals surface area contributed by atoms with Crippen molar-refractivity contribution in [3.63, 3.8) is 0 Å². The Morgan fingerprint density at radius 3 is 2.39 bits per heavy atom. The van der Waals surface area contributed by atoms with Gasteiger partial charge >= 0.3 is 0 Å². The lowest BCUT2D eigenvalue weighted by Gasteiger charge is -2.29. The molecule has 1 saturated heterocycles. The number of anilines is 2. The molecular weight excluding hydrogens is 428 g/mol. The van der Waals surface area contributed by atoms with E-state index < -0.39 is 0 Å². The summed E-state index contributed by atoms with van der Waals surface area (Å²) in [5.41, 5.74) is 6.42. The lowest BCUT2D eigenvalue weighted by Crippen LogP contribution is -2.30. The van der Waals surface area contributed by atoms with E-state index >= 15 is 0 Å². The van der Waals surface area contributed by atoms with E-state index in [4.69, 9.17) is 12.2 Å². The van der Waals surface area contributed by atoms with Crippen LogP contribution in [0.5, 0.6) is 0 Å². The molecule has 1 aliphatic rings. The third-order valence-corrected chi connectivity index (χ3v) is 6.37. The van der Waals surface area contributed by atoms with Crippen LogP contribution in [-0.2, 0) is 0 Å². The van der Waals surface area contributed by atoms with E-state index in [0.29, 0.717) is 5.11 Å². The van der Waals surface area contributed by atoms with Crippen molar-refractivity contribution in [3.05, 3.63) is 102 Å². The van der Waals surface area contributed by atoms with Gasteiger partial charge in [-0.15, -0.1) is 0 Å². The molecule has 4 aromatic rings. The van der Waals surface area contributed by atoms with E-state index in [1.54, 1.807) is 6.20 Å². The Kier molecular flexibility index (Phi) is 5.56. The molecule has 1 N–H and O–H groups in total. The standard InChI is InChI=1S/C26H26N6S/c1-18-9-14-23(31(18)21-7-6-15-27-17-21)25-24(22-8-4-5-16-28-22)29-26(33)32(25)20-12-10-19(11-13-20)30(2)3/h4-17,24-25H,1-3H3,(H,29,33). The van der Waals surface area contributed by atoms with Crippen molar-refractivity contribution in [2.24, 2.45) is 0 Å². The number of aryl methyl sites for hydroxylation is 1. The maximum absolute atomic E-state index is 5.88. The summed E-state index contributed by atoms with van der Waals surface area (Å²) in [5.74, 6) is 0. The minimum absolute atomic E-state index is 0.0912. The van der Waals surface area contributed by atoms with Crippen LogP contribution in [0.4, 0.5) is 11.4 Å². The van der Waals surface area contributed by atoms with Gasteiger partial charge in [0.1, 0.15) is 6.04 Å². The van der Waals surface area contributed by atoms with Gasteiger partial charge in [-0.25, -0.2) is 0 Å². The fourth-order valence-corrected chi connectivity index (χ4v) is 4.82. The quantitative estimate of drug-likeness (QED) is 0.437. The average molecular weight is 455 g/mol. The fraction of sp³-hybridized carbons (Fsp3) is 0.192. The maximum Gasteiger partial charge on any atom is 0.174 e. The van der Waals surface area contributed by atoms with Gasteiger partial charge in [-0.3, -0.25) is 9.97 Å². The Morgan fingerprint density at radius 2 is 1.73 bits per heavy atom. The molecule has 2 atom stereocenters. The highest BCUT2D eigenvalue weighted by Gasteiger charge is 2.42. The number of thiocarbonyl (C=S) groups is 1. The molecule has 1 fully saturated rings. The zero-order valence-electron chi connectivity index (χ0n) is 18.9. The molecule has 4 heterocycles. The summed E-state index contributed by atoms with van der Waals surface area (Å²) in [4.78, 5) is 13.3. The summed E-state index contributed by atoms with van der Waals surface area (Å²) in [6, 6.07) is 22.7. The number of pyridine rings is 2. The summed E-state index contributed by atoms with van der Waals surface area (Å²) in [7, 11) is 4.08. The van der Waals surface area contributed by atoms with Gasteiger partial charge in [0.15, 0.2) is 5.11 Å². The molecule has 0 amide bonds. The molecule has 3 aromatic heterocycles. The third kappa shape index (κ3) is 3.85. The van der Waals surface area contributed by atoms with Gasteiger partial charge in [0.05, 0.1) is 23.6 Å². The average Bonchev–Trinajstić information content (AvgIpc) is 3.39.